The number of anilines is 1. The number of hydrogen-bond donors (Lipinski definition) is 2. The SMILES string of the molecule is Cc1ccccc1NCC(=O)NC(C)(C)C. The Kier molecular flexibility index (Phi) is 3.93. The number of nitrogens with one attached hydrogen (secondary N) is 2. The lowest BCUT2D eigenvalue weighted by Crippen LogP contribution is -2.43. The van der Waals surface area contributed by atoms with Gasteiger partial charge in [0.05, 0.1) is 6.54 Å². The summed E-state index contributed by atoms with van der Waals surface area (Å²) in [6, 6.07) is 7.93. The van der Waals surface area contributed by atoms with E-state index in [0.717, 1.165) is 11.3 Å². The Morgan fingerprint density at radius 1 is 1.25 bits per heavy atom. The van der Waals surface area contributed by atoms with Crippen LogP contribution in [-0.2, 0) is 4.79 Å². The Bertz CT molecular complexity index is 366. The molecule has 88 valence electrons. The summed E-state index contributed by atoms with van der Waals surface area (Å²) in [7, 11) is 0. The van der Waals surface area contributed by atoms with Crippen molar-refractivity contribution < 1.29 is 4.79 Å². The highest BCUT2D eigenvalue weighted by Gasteiger charge is 2.13. The minimum absolute atomic E-state index is 0.00996. The van der Waals surface area contributed by atoms with Gasteiger partial charge in [-0.2, -0.15) is 0 Å². The van der Waals surface area contributed by atoms with Crippen molar-refractivity contribution in [3.8, 4) is 0 Å². The van der Waals surface area contributed by atoms with E-state index in [4.69, 9.17) is 0 Å². The Morgan fingerprint density at radius 3 is 2.44 bits per heavy atom. The van der Waals surface area contributed by atoms with Gasteiger partial charge in [-0.3, -0.25) is 4.79 Å². The molecule has 3 heteroatoms. The minimum atomic E-state index is -0.176. The minimum Gasteiger partial charge on any atom is -0.376 e. The van der Waals surface area contributed by atoms with Crippen molar-refractivity contribution in [3.05, 3.63) is 29.8 Å². The third kappa shape index (κ3) is 4.34. The van der Waals surface area contributed by atoms with Crippen LogP contribution in [0.15, 0.2) is 24.3 Å². The van der Waals surface area contributed by atoms with Crippen LogP contribution in [0.5, 0.6) is 0 Å². The molecule has 0 spiro atoms. The third-order valence-corrected chi connectivity index (χ3v) is 2.10. The molecule has 3 nitrogen and oxygen atoms in total. The van der Waals surface area contributed by atoms with Crippen molar-refractivity contribution in [2.75, 3.05) is 11.9 Å². The van der Waals surface area contributed by atoms with Crippen LogP contribution in [0.4, 0.5) is 5.69 Å². The molecule has 0 saturated carbocycles. The van der Waals surface area contributed by atoms with Gasteiger partial charge in [-0.15, -0.1) is 0 Å². The van der Waals surface area contributed by atoms with Gasteiger partial charge in [-0.05, 0) is 39.3 Å². The molecule has 0 aromatic heterocycles. The molecule has 16 heavy (non-hydrogen) atoms. The average Bonchev–Trinajstić information content (AvgIpc) is 2.14. The number of amides is 1. The first-order valence-corrected chi connectivity index (χ1v) is 5.49. The van der Waals surface area contributed by atoms with Crippen LogP contribution in [0.2, 0.25) is 0 Å². The summed E-state index contributed by atoms with van der Waals surface area (Å²) in [6.07, 6.45) is 0. The van der Waals surface area contributed by atoms with E-state index in [1.807, 2.05) is 52.0 Å². The van der Waals surface area contributed by atoms with Gasteiger partial charge in [0.2, 0.25) is 5.91 Å². The molecular formula is C13H20N2O. The van der Waals surface area contributed by atoms with Gasteiger partial charge in [0, 0.05) is 11.2 Å². The van der Waals surface area contributed by atoms with Crippen LogP contribution in [-0.4, -0.2) is 18.0 Å². The lowest BCUT2D eigenvalue weighted by molar-refractivity contribution is -0.120. The summed E-state index contributed by atoms with van der Waals surface area (Å²) in [5.74, 6) is 0.00996. The predicted octanol–water partition coefficient (Wildman–Crippen LogP) is 2.32. The molecule has 1 aromatic carbocycles. The summed E-state index contributed by atoms with van der Waals surface area (Å²) in [5.41, 5.74) is 1.97. The van der Waals surface area contributed by atoms with Crippen LogP contribution < -0.4 is 10.6 Å². The molecule has 0 radical (unpaired) electrons. The molecule has 0 bridgehead atoms. The van der Waals surface area contributed by atoms with E-state index in [9.17, 15) is 4.79 Å². The highest BCUT2D eigenvalue weighted by atomic mass is 16.2. The molecule has 1 aromatic rings. The number of carbonyl (C=O) groups excluding carboxylic acids is 1. The number of aryl methyl sites for hydroxylation is 1. The maximum atomic E-state index is 11.6. The smallest absolute Gasteiger partial charge is 0.239 e. The second kappa shape index (κ2) is 5.01. The fourth-order valence-electron chi connectivity index (χ4n) is 1.41. The Balaban J connectivity index is 2.47. The first kappa shape index (κ1) is 12.6. The predicted molar refractivity (Wildman–Crippen MR) is 67.6 cm³/mol. The molecular weight excluding hydrogens is 200 g/mol. The summed E-state index contributed by atoms with van der Waals surface area (Å²) < 4.78 is 0. The average molecular weight is 220 g/mol. The molecule has 0 aliphatic rings. The zero-order valence-electron chi connectivity index (χ0n) is 10.4. The Hall–Kier alpha value is -1.51. The molecule has 1 amide bonds. The molecule has 0 heterocycles. The summed E-state index contributed by atoms with van der Waals surface area (Å²) in [4.78, 5) is 11.6. The molecule has 0 saturated heterocycles. The third-order valence-electron chi connectivity index (χ3n) is 2.10. The maximum absolute atomic E-state index is 11.6. The van der Waals surface area contributed by atoms with E-state index < -0.39 is 0 Å². The number of carbonyl (C=O) groups is 1. The van der Waals surface area contributed by atoms with Crippen LogP contribution in [0.3, 0.4) is 0 Å². The summed E-state index contributed by atoms with van der Waals surface area (Å²) in [5, 5.41) is 6.03. The number of para-hydroxylation sites is 1. The number of benzene rings is 1. The van der Waals surface area contributed by atoms with Crippen molar-refractivity contribution >= 4 is 11.6 Å². The zero-order valence-corrected chi connectivity index (χ0v) is 10.4. The van der Waals surface area contributed by atoms with E-state index >= 15 is 0 Å². The van der Waals surface area contributed by atoms with E-state index in [-0.39, 0.29) is 11.4 Å². The molecule has 0 fully saturated rings. The lowest BCUT2D eigenvalue weighted by atomic mass is 10.1. The van der Waals surface area contributed by atoms with Gasteiger partial charge in [-0.25, -0.2) is 0 Å². The van der Waals surface area contributed by atoms with Crippen LogP contribution >= 0.6 is 0 Å². The van der Waals surface area contributed by atoms with Gasteiger partial charge in [0.15, 0.2) is 0 Å². The lowest BCUT2D eigenvalue weighted by Gasteiger charge is -2.21. The van der Waals surface area contributed by atoms with Crippen molar-refractivity contribution in [2.45, 2.75) is 33.2 Å². The van der Waals surface area contributed by atoms with Gasteiger partial charge in [-0.1, -0.05) is 18.2 Å². The van der Waals surface area contributed by atoms with Crippen molar-refractivity contribution in [2.24, 2.45) is 0 Å². The summed E-state index contributed by atoms with van der Waals surface area (Å²) >= 11 is 0. The second-order valence-corrected chi connectivity index (χ2v) is 4.97. The Labute approximate surface area is 97.2 Å². The fraction of sp³-hybridized carbons (Fsp3) is 0.462. The van der Waals surface area contributed by atoms with E-state index in [0.29, 0.717) is 6.54 Å². The van der Waals surface area contributed by atoms with E-state index in [1.54, 1.807) is 0 Å². The highest BCUT2D eigenvalue weighted by Crippen LogP contribution is 2.12. The largest absolute Gasteiger partial charge is 0.376 e. The molecule has 0 unspecified atom stereocenters. The zero-order chi connectivity index (χ0) is 12.2. The Morgan fingerprint density at radius 2 is 1.88 bits per heavy atom. The van der Waals surface area contributed by atoms with Crippen molar-refractivity contribution in [1.29, 1.82) is 0 Å². The monoisotopic (exact) mass is 220 g/mol. The van der Waals surface area contributed by atoms with Gasteiger partial charge < -0.3 is 10.6 Å². The highest BCUT2D eigenvalue weighted by molar-refractivity contribution is 5.81. The topological polar surface area (TPSA) is 41.1 Å². The van der Waals surface area contributed by atoms with Crippen molar-refractivity contribution in [3.63, 3.8) is 0 Å². The number of rotatable bonds is 3. The molecule has 0 atom stereocenters. The van der Waals surface area contributed by atoms with Gasteiger partial charge >= 0.3 is 0 Å². The summed E-state index contributed by atoms with van der Waals surface area (Å²) in [6.45, 7) is 8.24. The van der Waals surface area contributed by atoms with Gasteiger partial charge in [0.1, 0.15) is 0 Å². The molecule has 0 aliphatic carbocycles. The van der Waals surface area contributed by atoms with E-state index in [1.165, 1.54) is 0 Å². The maximum Gasteiger partial charge on any atom is 0.239 e. The van der Waals surface area contributed by atoms with Gasteiger partial charge in [0.25, 0.3) is 0 Å². The van der Waals surface area contributed by atoms with Crippen LogP contribution in [0, 0.1) is 6.92 Å². The van der Waals surface area contributed by atoms with Crippen LogP contribution in [0.25, 0.3) is 0 Å². The quantitative estimate of drug-likeness (QED) is 0.820. The standard InChI is InChI=1S/C13H20N2O/c1-10-7-5-6-8-11(10)14-9-12(16)15-13(2,3)4/h5-8,14H,9H2,1-4H3,(H,15,16). The van der Waals surface area contributed by atoms with Crippen LogP contribution in [0.1, 0.15) is 26.3 Å². The second-order valence-electron chi connectivity index (χ2n) is 4.97. The first-order chi connectivity index (χ1) is 7.38. The molecule has 0 aliphatic heterocycles. The normalized spacial score (nSPS) is 11.0. The van der Waals surface area contributed by atoms with E-state index in [2.05, 4.69) is 10.6 Å². The fourth-order valence-corrected chi connectivity index (χ4v) is 1.41. The first-order valence-electron chi connectivity index (χ1n) is 5.49. The number of hydrogen-bond acceptors (Lipinski definition) is 2. The van der Waals surface area contributed by atoms with Crippen molar-refractivity contribution in [1.82, 2.24) is 5.32 Å². The molecule has 2 N–H and O–H groups in total. The molecule has 1 rings (SSSR count).